The number of hydrogen-bond donors (Lipinski definition) is 3. The van der Waals surface area contributed by atoms with Crippen LogP contribution in [-0.2, 0) is 9.59 Å². The number of hydrogen-bond acceptors (Lipinski definition) is 3. The Labute approximate surface area is 198 Å². The topological polar surface area (TPSA) is 90.5 Å². The van der Waals surface area contributed by atoms with Gasteiger partial charge in [-0.2, -0.15) is 0 Å². The summed E-state index contributed by atoms with van der Waals surface area (Å²) >= 11 is 0. The SMILES string of the molecule is O=C(NCCC(=O)N1CCC(NC(=O)C2CCCCC2)CC1)NC12CC3CC(CC(C3)C1)C2. The summed E-state index contributed by atoms with van der Waals surface area (Å²) in [6.07, 6.45) is 15.1. The zero-order chi connectivity index (χ0) is 22.8. The molecule has 5 aliphatic carbocycles. The van der Waals surface area contributed by atoms with Crippen LogP contribution < -0.4 is 16.0 Å². The normalized spacial score (nSPS) is 34.2. The van der Waals surface area contributed by atoms with Gasteiger partial charge in [0.1, 0.15) is 0 Å². The highest BCUT2D eigenvalue weighted by Gasteiger charge is 2.51. The van der Waals surface area contributed by atoms with Crippen LogP contribution in [0.3, 0.4) is 0 Å². The minimum absolute atomic E-state index is 0.00673. The van der Waals surface area contributed by atoms with E-state index in [4.69, 9.17) is 0 Å². The zero-order valence-electron chi connectivity index (χ0n) is 20.1. The predicted molar refractivity (Wildman–Crippen MR) is 126 cm³/mol. The van der Waals surface area contributed by atoms with Crippen molar-refractivity contribution in [3.05, 3.63) is 0 Å². The molecular formula is C26H42N4O3. The molecule has 1 saturated heterocycles. The standard InChI is InChI=1S/C26H42N4O3/c31-23(30-10-7-22(8-11-30)28-24(32)21-4-2-1-3-5-21)6-9-27-25(33)29-26-15-18-12-19(16-26)14-20(13-18)17-26/h18-22H,1-17H2,(H,28,32)(H2,27,29,33). The Balaban J connectivity index is 0.983. The van der Waals surface area contributed by atoms with Gasteiger partial charge in [0, 0.05) is 43.6 Å². The van der Waals surface area contributed by atoms with Crippen LogP contribution in [0.5, 0.6) is 0 Å². The van der Waals surface area contributed by atoms with E-state index in [-0.39, 0.29) is 35.3 Å². The smallest absolute Gasteiger partial charge is 0.315 e. The molecule has 0 spiro atoms. The molecule has 4 amide bonds. The first-order valence-electron chi connectivity index (χ1n) is 13.6. The summed E-state index contributed by atoms with van der Waals surface area (Å²) < 4.78 is 0. The highest BCUT2D eigenvalue weighted by atomic mass is 16.2. The van der Waals surface area contributed by atoms with Crippen molar-refractivity contribution in [3.8, 4) is 0 Å². The van der Waals surface area contributed by atoms with E-state index in [2.05, 4.69) is 16.0 Å². The molecular weight excluding hydrogens is 416 g/mol. The van der Waals surface area contributed by atoms with Crippen molar-refractivity contribution >= 4 is 17.8 Å². The van der Waals surface area contributed by atoms with E-state index in [9.17, 15) is 14.4 Å². The number of piperidine rings is 1. The van der Waals surface area contributed by atoms with Gasteiger partial charge in [0.2, 0.25) is 11.8 Å². The van der Waals surface area contributed by atoms with E-state index < -0.39 is 0 Å². The maximum absolute atomic E-state index is 12.6. The lowest BCUT2D eigenvalue weighted by atomic mass is 9.53. The maximum Gasteiger partial charge on any atom is 0.315 e. The number of carbonyl (C=O) groups excluding carboxylic acids is 3. The van der Waals surface area contributed by atoms with Gasteiger partial charge in [-0.05, 0) is 82.0 Å². The number of nitrogens with zero attached hydrogens (tertiary/aromatic N) is 1. The Morgan fingerprint density at radius 2 is 1.42 bits per heavy atom. The fraction of sp³-hybridized carbons (Fsp3) is 0.885. The summed E-state index contributed by atoms with van der Waals surface area (Å²) in [4.78, 5) is 39.6. The average molecular weight is 459 g/mol. The molecule has 6 rings (SSSR count). The molecule has 0 aromatic heterocycles. The van der Waals surface area contributed by atoms with Crippen LogP contribution in [0.2, 0.25) is 0 Å². The van der Waals surface area contributed by atoms with Crippen LogP contribution in [0.15, 0.2) is 0 Å². The molecule has 6 fully saturated rings. The largest absolute Gasteiger partial charge is 0.353 e. The molecule has 5 saturated carbocycles. The minimum atomic E-state index is -0.103. The average Bonchev–Trinajstić information content (AvgIpc) is 2.79. The fourth-order valence-electron chi connectivity index (χ4n) is 7.95. The first-order valence-corrected chi connectivity index (χ1v) is 13.6. The van der Waals surface area contributed by atoms with Crippen LogP contribution in [0.1, 0.15) is 89.9 Å². The number of urea groups is 1. The van der Waals surface area contributed by atoms with Crippen molar-refractivity contribution in [2.75, 3.05) is 19.6 Å². The molecule has 7 nitrogen and oxygen atoms in total. The van der Waals surface area contributed by atoms with Gasteiger partial charge in [-0.1, -0.05) is 19.3 Å². The van der Waals surface area contributed by atoms with Gasteiger partial charge in [-0.25, -0.2) is 4.79 Å². The van der Waals surface area contributed by atoms with Crippen molar-refractivity contribution in [3.63, 3.8) is 0 Å². The molecule has 0 radical (unpaired) electrons. The maximum atomic E-state index is 12.6. The number of rotatable bonds is 6. The molecule has 6 aliphatic rings. The molecule has 4 bridgehead atoms. The lowest BCUT2D eigenvalue weighted by molar-refractivity contribution is -0.132. The molecule has 0 aromatic rings. The summed E-state index contributed by atoms with van der Waals surface area (Å²) in [6.45, 7) is 1.76. The van der Waals surface area contributed by atoms with E-state index in [1.54, 1.807) is 0 Å². The molecule has 0 aromatic carbocycles. The Morgan fingerprint density at radius 3 is 2.03 bits per heavy atom. The van der Waals surface area contributed by atoms with Crippen LogP contribution >= 0.6 is 0 Å². The molecule has 184 valence electrons. The quantitative estimate of drug-likeness (QED) is 0.570. The number of carbonyl (C=O) groups is 3. The molecule has 1 aliphatic heterocycles. The highest BCUT2D eigenvalue weighted by molar-refractivity contribution is 5.80. The summed E-state index contributed by atoms with van der Waals surface area (Å²) in [5.41, 5.74) is 0.00673. The molecule has 3 N–H and O–H groups in total. The Bertz CT molecular complexity index is 705. The third-order valence-corrected chi connectivity index (χ3v) is 9.21. The second kappa shape index (κ2) is 9.83. The van der Waals surface area contributed by atoms with Gasteiger partial charge in [-0.15, -0.1) is 0 Å². The second-order valence-corrected chi connectivity index (χ2v) is 11.8. The van der Waals surface area contributed by atoms with E-state index in [1.165, 1.54) is 38.5 Å². The minimum Gasteiger partial charge on any atom is -0.353 e. The van der Waals surface area contributed by atoms with Crippen molar-refractivity contribution in [1.82, 2.24) is 20.9 Å². The molecule has 0 atom stereocenters. The third kappa shape index (κ3) is 5.48. The number of likely N-dealkylation sites (tertiary alicyclic amines) is 1. The Hall–Kier alpha value is -1.79. The molecule has 7 heteroatoms. The van der Waals surface area contributed by atoms with Crippen molar-refractivity contribution < 1.29 is 14.4 Å². The summed E-state index contributed by atoms with van der Waals surface area (Å²) in [6, 6.07) is 0.0848. The second-order valence-electron chi connectivity index (χ2n) is 11.8. The first-order chi connectivity index (χ1) is 16.0. The Morgan fingerprint density at radius 1 is 0.818 bits per heavy atom. The Kier molecular flexibility index (Phi) is 6.84. The van der Waals surface area contributed by atoms with Crippen molar-refractivity contribution in [1.29, 1.82) is 0 Å². The number of amides is 4. The van der Waals surface area contributed by atoms with Crippen LogP contribution in [0, 0.1) is 23.7 Å². The van der Waals surface area contributed by atoms with E-state index >= 15 is 0 Å². The summed E-state index contributed by atoms with van der Waals surface area (Å²) in [5.74, 6) is 2.90. The van der Waals surface area contributed by atoms with Gasteiger partial charge < -0.3 is 20.9 Å². The zero-order valence-corrected chi connectivity index (χ0v) is 20.1. The van der Waals surface area contributed by atoms with Crippen LogP contribution in [0.4, 0.5) is 4.79 Å². The molecule has 33 heavy (non-hydrogen) atoms. The van der Waals surface area contributed by atoms with Gasteiger partial charge >= 0.3 is 6.03 Å². The lowest BCUT2D eigenvalue weighted by Crippen LogP contribution is -2.61. The predicted octanol–water partition coefficient (Wildman–Crippen LogP) is 3.33. The molecule has 0 unspecified atom stereocenters. The van der Waals surface area contributed by atoms with E-state index in [1.807, 2.05) is 4.90 Å². The number of nitrogens with one attached hydrogen (secondary N) is 3. The van der Waals surface area contributed by atoms with Gasteiger partial charge in [0.15, 0.2) is 0 Å². The van der Waals surface area contributed by atoms with Crippen molar-refractivity contribution in [2.45, 2.75) is 101 Å². The van der Waals surface area contributed by atoms with E-state index in [0.29, 0.717) is 26.1 Å². The summed E-state index contributed by atoms with van der Waals surface area (Å²) in [7, 11) is 0. The lowest BCUT2D eigenvalue weighted by Gasteiger charge is -2.56. The van der Waals surface area contributed by atoms with Crippen molar-refractivity contribution in [2.24, 2.45) is 23.7 Å². The fourth-order valence-corrected chi connectivity index (χ4v) is 7.95. The molecule has 1 heterocycles. The van der Waals surface area contributed by atoms with E-state index in [0.717, 1.165) is 62.7 Å². The highest BCUT2D eigenvalue weighted by Crippen LogP contribution is 2.55. The van der Waals surface area contributed by atoms with Gasteiger partial charge in [0.05, 0.1) is 0 Å². The summed E-state index contributed by atoms with van der Waals surface area (Å²) in [5, 5.41) is 9.48. The van der Waals surface area contributed by atoms with Crippen LogP contribution in [-0.4, -0.2) is 54.0 Å². The third-order valence-electron chi connectivity index (χ3n) is 9.21. The van der Waals surface area contributed by atoms with Gasteiger partial charge in [0.25, 0.3) is 0 Å². The monoisotopic (exact) mass is 458 g/mol. The first kappa shape index (κ1) is 23.0. The van der Waals surface area contributed by atoms with Crippen LogP contribution in [0.25, 0.3) is 0 Å². The van der Waals surface area contributed by atoms with Gasteiger partial charge in [-0.3, -0.25) is 9.59 Å².